The van der Waals surface area contributed by atoms with Crippen LogP contribution >= 0.6 is 0 Å². The summed E-state index contributed by atoms with van der Waals surface area (Å²) in [6.45, 7) is 21.3. The van der Waals surface area contributed by atoms with Gasteiger partial charge < -0.3 is 4.43 Å². The van der Waals surface area contributed by atoms with Gasteiger partial charge in [0.05, 0.1) is 14.2 Å². The summed E-state index contributed by atoms with van der Waals surface area (Å²) in [6.07, 6.45) is 3.65. The van der Waals surface area contributed by atoms with Gasteiger partial charge in [0.2, 0.25) is 0 Å². The molecule has 0 aromatic heterocycles. The zero-order valence-corrected chi connectivity index (χ0v) is 22.6. The van der Waals surface area contributed by atoms with E-state index in [9.17, 15) is 0 Å². The molecule has 30 heavy (non-hydrogen) atoms. The Morgan fingerprint density at radius 3 is 1.63 bits per heavy atom. The van der Waals surface area contributed by atoms with Gasteiger partial charge in [0.25, 0.3) is 8.32 Å². The van der Waals surface area contributed by atoms with Crippen molar-refractivity contribution >= 4 is 26.8 Å². The molecular formula is C27H42OSi2. The van der Waals surface area contributed by atoms with E-state index >= 15 is 0 Å². The molecule has 0 aliphatic heterocycles. The average Bonchev–Trinajstić information content (AvgIpc) is 2.67. The van der Waals surface area contributed by atoms with Crippen LogP contribution in [-0.4, -0.2) is 22.5 Å². The highest BCUT2D eigenvalue weighted by molar-refractivity contribution is 6.99. The largest absolute Gasteiger partial charge is 0.404 e. The van der Waals surface area contributed by atoms with Crippen LogP contribution in [0, 0.1) is 5.92 Å². The van der Waals surface area contributed by atoms with Gasteiger partial charge in [-0.1, -0.05) is 126 Å². The number of benzene rings is 2. The molecule has 0 saturated carbocycles. The summed E-state index contributed by atoms with van der Waals surface area (Å²) in [5.74, 6) is 0.456. The minimum Gasteiger partial charge on any atom is -0.404 e. The fourth-order valence-corrected chi connectivity index (χ4v) is 9.54. The third-order valence-electron chi connectivity index (χ3n) is 6.33. The van der Waals surface area contributed by atoms with Crippen molar-refractivity contribution in [2.24, 2.45) is 5.92 Å². The first-order valence-corrected chi connectivity index (χ1v) is 16.8. The van der Waals surface area contributed by atoms with Crippen LogP contribution in [0.2, 0.25) is 24.7 Å². The van der Waals surface area contributed by atoms with Gasteiger partial charge in [-0.15, -0.1) is 0 Å². The van der Waals surface area contributed by atoms with Gasteiger partial charge in [-0.2, -0.15) is 0 Å². The molecular weight excluding hydrogens is 396 g/mol. The Labute approximate surface area is 187 Å². The lowest BCUT2D eigenvalue weighted by Crippen LogP contribution is -2.68. The molecule has 0 radical (unpaired) electrons. The molecule has 0 saturated heterocycles. The Morgan fingerprint density at radius 1 is 0.867 bits per heavy atom. The molecule has 0 N–H and O–H groups in total. The van der Waals surface area contributed by atoms with E-state index in [1.54, 1.807) is 5.20 Å². The van der Waals surface area contributed by atoms with Crippen molar-refractivity contribution in [3.63, 3.8) is 0 Å². The van der Waals surface area contributed by atoms with E-state index in [0.29, 0.717) is 5.92 Å². The quantitative estimate of drug-likeness (QED) is 0.412. The molecule has 0 amide bonds. The molecule has 0 fully saturated rings. The molecule has 0 aliphatic carbocycles. The smallest absolute Gasteiger partial charge is 0.261 e. The zero-order valence-electron chi connectivity index (χ0n) is 20.6. The maximum absolute atomic E-state index is 7.41. The predicted octanol–water partition coefficient (Wildman–Crippen LogP) is 6.80. The van der Waals surface area contributed by atoms with E-state index in [-0.39, 0.29) is 11.1 Å². The van der Waals surface area contributed by atoms with Crippen molar-refractivity contribution in [2.75, 3.05) is 0 Å². The van der Waals surface area contributed by atoms with Crippen molar-refractivity contribution in [2.45, 2.75) is 78.7 Å². The van der Waals surface area contributed by atoms with Crippen molar-refractivity contribution in [3.8, 4) is 0 Å². The third-order valence-corrected chi connectivity index (χ3v) is 14.0. The lowest BCUT2D eigenvalue weighted by Gasteiger charge is -2.46. The molecule has 2 aromatic carbocycles. The molecule has 3 heteroatoms. The van der Waals surface area contributed by atoms with Crippen molar-refractivity contribution in [3.05, 3.63) is 71.9 Å². The Balaban J connectivity index is 2.61. The number of hydrogen-bond donors (Lipinski definition) is 0. The fourth-order valence-electron chi connectivity index (χ4n) is 3.97. The van der Waals surface area contributed by atoms with Crippen LogP contribution in [0.3, 0.4) is 0 Å². The maximum atomic E-state index is 7.41. The van der Waals surface area contributed by atoms with Gasteiger partial charge in [-0.3, -0.25) is 0 Å². The second-order valence-electron chi connectivity index (χ2n) is 10.9. The van der Waals surface area contributed by atoms with Gasteiger partial charge in [0, 0.05) is 0 Å². The molecule has 0 spiro atoms. The summed E-state index contributed by atoms with van der Waals surface area (Å²) in [7, 11) is -3.78. The van der Waals surface area contributed by atoms with Crippen LogP contribution in [0.4, 0.5) is 0 Å². The Kier molecular flexibility index (Phi) is 8.11. The molecule has 2 aromatic rings. The second-order valence-corrected chi connectivity index (χ2v) is 20.5. The van der Waals surface area contributed by atoms with Crippen LogP contribution in [0.25, 0.3) is 0 Å². The zero-order chi connectivity index (χ0) is 22.6. The monoisotopic (exact) mass is 438 g/mol. The van der Waals surface area contributed by atoms with E-state index in [1.807, 2.05) is 0 Å². The number of allylic oxidation sites excluding steroid dienone is 1. The molecule has 0 unspecified atom stereocenters. The van der Waals surface area contributed by atoms with Crippen LogP contribution in [0.15, 0.2) is 71.9 Å². The van der Waals surface area contributed by atoms with Crippen LogP contribution in [-0.2, 0) is 4.43 Å². The lowest BCUT2D eigenvalue weighted by molar-refractivity contribution is 0.142. The predicted molar refractivity (Wildman–Crippen MR) is 139 cm³/mol. The first-order valence-electron chi connectivity index (χ1n) is 11.4. The Bertz CT molecular complexity index is 772. The highest BCUT2D eigenvalue weighted by Gasteiger charge is 2.51. The van der Waals surface area contributed by atoms with Crippen LogP contribution < -0.4 is 10.4 Å². The van der Waals surface area contributed by atoms with E-state index < -0.39 is 16.4 Å². The highest BCUT2D eigenvalue weighted by Crippen LogP contribution is 2.38. The van der Waals surface area contributed by atoms with Crippen molar-refractivity contribution in [1.82, 2.24) is 0 Å². The van der Waals surface area contributed by atoms with Crippen LogP contribution in [0.1, 0.15) is 48.0 Å². The molecule has 1 atom stereocenters. The first kappa shape index (κ1) is 24.8. The molecule has 0 bridgehead atoms. The van der Waals surface area contributed by atoms with Crippen molar-refractivity contribution in [1.29, 1.82) is 0 Å². The SMILES string of the molecule is C/C(=C/C[C@@H](O[Si](c1ccccc1)(c1ccccc1)C(C)(C)C)C(C)C)[Si](C)(C)C. The summed E-state index contributed by atoms with van der Waals surface area (Å²) < 4.78 is 7.41. The third kappa shape index (κ3) is 5.63. The molecule has 0 aliphatic rings. The van der Waals surface area contributed by atoms with E-state index in [2.05, 4.69) is 128 Å². The first-order chi connectivity index (χ1) is 13.9. The van der Waals surface area contributed by atoms with E-state index in [0.717, 1.165) is 6.42 Å². The Morgan fingerprint density at radius 2 is 1.30 bits per heavy atom. The minimum absolute atomic E-state index is 0.0143. The van der Waals surface area contributed by atoms with Crippen molar-refractivity contribution < 1.29 is 4.43 Å². The fraction of sp³-hybridized carbons (Fsp3) is 0.481. The van der Waals surface area contributed by atoms with E-state index in [4.69, 9.17) is 4.43 Å². The van der Waals surface area contributed by atoms with Gasteiger partial charge in [0.1, 0.15) is 0 Å². The highest BCUT2D eigenvalue weighted by atomic mass is 28.4. The molecule has 0 heterocycles. The van der Waals surface area contributed by atoms with Gasteiger partial charge in [-0.25, -0.2) is 0 Å². The Hall–Kier alpha value is -1.43. The average molecular weight is 439 g/mol. The van der Waals surface area contributed by atoms with E-state index in [1.165, 1.54) is 10.4 Å². The second kappa shape index (κ2) is 9.80. The summed E-state index contributed by atoms with van der Waals surface area (Å²) in [5.41, 5.74) is 0. The number of hydrogen-bond acceptors (Lipinski definition) is 1. The lowest BCUT2D eigenvalue weighted by atomic mass is 10.0. The maximum Gasteiger partial charge on any atom is 0.261 e. The van der Waals surface area contributed by atoms with Gasteiger partial charge >= 0.3 is 0 Å². The van der Waals surface area contributed by atoms with Gasteiger partial charge in [-0.05, 0) is 34.7 Å². The summed E-state index contributed by atoms with van der Waals surface area (Å²) in [4.78, 5) is 0. The molecule has 164 valence electrons. The standard InChI is InChI=1S/C27H42OSi2/c1-22(2)26(21-20-23(3)29(7,8)9)28-30(27(4,5)6,24-16-12-10-13-17-24)25-18-14-11-15-19-25/h10-20,22,26H,21H2,1-9H3/b23-20-/t26-/m1/s1. The van der Waals surface area contributed by atoms with Gasteiger partial charge in [0.15, 0.2) is 0 Å². The summed E-state index contributed by atoms with van der Waals surface area (Å²) in [6, 6.07) is 22.0. The normalized spacial score (nSPS) is 14.8. The minimum atomic E-state index is -2.51. The molecule has 1 nitrogen and oxygen atoms in total. The number of rotatable bonds is 8. The molecule has 2 rings (SSSR count). The van der Waals surface area contributed by atoms with Crippen LogP contribution in [0.5, 0.6) is 0 Å². The summed E-state index contributed by atoms with van der Waals surface area (Å²) in [5, 5.41) is 4.31. The summed E-state index contributed by atoms with van der Waals surface area (Å²) >= 11 is 0. The topological polar surface area (TPSA) is 9.23 Å².